The van der Waals surface area contributed by atoms with E-state index in [1.807, 2.05) is 0 Å². The van der Waals surface area contributed by atoms with Crippen LogP contribution in [0.3, 0.4) is 0 Å². The molecule has 0 aliphatic carbocycles. The highest BCUT2D eigenvalue weighted by Gasteiger charge is 2.38. The van der Waals surface area contributed by atoms with Gasteiger partial charge in [-0.05, 0) is 30.3 Å². The van der Waals surface area contributed by atoms with Crippen LogP contribution in [-0.4, -0.2) is 38.1 Å². The van der Waals surface area contributed by atoms with Gasteiger partial charge in [0.05, 0.1) is 5.69 Å². The van der Waals surface area contributed by atoms with Crippen molar-refractivity contribution in [3.05, 3.63) is 90.3 Å². The molecule has 0 bridgehead atoms. The van der Waals surface area contributed by atoms with E-state index in [9.17, 15) is 31.1 Å². The number of carboxylic acids is 1. The van der Waals surface area contributed by atoms with Crippen molar-refractivity contribution in [3.8, 4) is 11.5 Å². The lowest BCUT2D eigenvalue weighted by Gasteiger charge is -2.12. The molecule has 16 heteroatoms. The highest BCUT2D eigenvalue weighted by Crippen LogP contribution is 2.28. The van der Waals surface area contributed by atoms with Gasteiger partial charge in [0, 0.05) is 42.5 Å². The average molecular weight is 566 g/mol. The Bertz CT molecular complexity index is 1540. The summed E-state index contributed by atoms with van der Waals surface area (Å²) >= 11 is 0. The number of nitrogens with one attached hydrogen (secondary N) is 2. The number of carbonyl (C=O) groups is 2. The SMILES string of the molecule is Nc1cc(Oc2ccc(Nc3nccnc3C(=O)Nc3ccc(F)cc3F)cc2F)ccn1.O=C(O)C(F)(F)F. The van der Waals surface area contributed by atoms with E-state index in [2.05, 4.69) is 25.6 Å². The van der Waals surface area contributed by atoms with Crippen molar-refractivity contribution in [3.63, 3.8) is 0 Å². The van der Waals surface area contributed by atoms with Gasteiger partial charge in [-0.2, -0.15) is 13.2 Å². The third-order valence-electron chi connectivity index (χ3n) is 4.51. The molecule has 0 fully saturated rings. The molecule has 208 valence electrons. The lowest BCUT2D eigenvalue weighted by Crippen LogP contribution is -2.21. The summed E-state index contributed by atoms with van der Waals surface area (Å²) in [5, 5.41) is 12.2. The number of benzene rings is 2. The van der Waals surface area contributed by atoms with Crippen LogP contribution >= 0.6 is 0 Å². The topological polar surface area (TPSA) is 152 Å². The van der Waals surface area contributed by atoms with Crippen molar-refractivity contribution in [2.75, 3.05) is 16.4 Å². The van der Waals surface area contributed by atoms with Gasteiger partial charge in [0.2, 0.25) is 0 Å². The first-order chi connectivity index (χ1) is 18.8. The third kappa shape index (κ3) is 8.04. The molecule has 1 amide bonds. The number of nitrogen functional groups attached to an aromatic ring is 1. The normalized spacial score (nSPS) is 10.7. The van der Waals surface area contributed by atoms with Crippen molar-refractivity contribution >= 4 is 34.9 Å². The van der Waals surface area contributed by atoms with Gasteiger partial charge in [-0.25, -0.2) is 32.9 Å². The zero-order chi connectivity index (χ0) is 29.4. The Morgan fingerprint density at radius 1 is 0.875 bits per heavy atom. The first-order valence-electron chi connectivity index (χ1n) is 10.7. The van der Waals surface area contributed by atoms with Gasteiger partial charge in [-0.15, -0.1) is 0 Å². The number of pyridine rings is 1. The molecule has 0 saturated carbocycles. The summed E-state index contributed by atoms with van der Waals surface area (Å²) in [7, 11) is 0. The first-order valence-corrected chi connectivity index (χ1v) is 10.7. The fourth-order valence-electron chi connectivity index (χ4n) is 2.78. The zero-order valence-corrected chi connectivity index (χ0v) is 19.7. The number of amides is 1. The van der Waals surface area contributed by atoms with Crippen molar-refractivity contribution in [1.82, 2.24) is 15.0 Å². The van der Waals surface area contributed by atoms with Crippen LogP contribution < -0.4 is 21.1 Å². The van der Waals surface area contributed by atoms with E-state index in [0.717, 1.165) is 18.2 Å². The molecular formula is C24H16F6N6O4. The highest BCUT2D eigenvalue weighted by atomic mass is 19.4. The molecule has 10 nitrogen and oxygen atoms in total. The predicted octanol–water partition coefficient (Wildman–Crippen LogP) is 5.29. The van der Waals surface area contributed by atoms with Gasteiger partial charge in [0.15, 0.2) is 23.1 Å². The number of carbonyl (C=O) groups excluding carboxylic acids is 1. The van der Waals surface area contributed by atoms with Gasteiger partial charge in [0.25, 0.3) is 5.91 Å². The minimum absolute atomic E-state index is 0.00695. The molecule has 0 aliphatic heterocycles. The number of ether oxygens (including phenoxy) is 1. The maximum Gasteiger partial charge on any atom is 0.490 e. The molecule has 40 heavy (non-hydrogen) atoms. The summed E-state index contributed by atoms with van der Waals surface area (Å²) in [6.07, 6.45) is -1.07. The fraction of sp³-hybridized carbons (Fsp3) is 0.0417. The van der Waals surface area contributed by atoms with Crippen molar-refractivity contribution < 1.29 is 45.8 Å². The van der Waals surface area contributed by atoms with Gasteiger partial charge in [-0.1, -0.05) is 0 Å². The second kappa shape index (κ2) is 12.4. The summed E-state index contributed by atoms with van der Waals surface area (Å²) in [5.41, 5.74) is 5.41. The van der Waals surface area contributed by atoms with Crippen LogP contribution in [-0.2, 0) is 4.79 Å². The maximum absolute atomic E-state index is 14.6. The summed E-state index contributed by atoms with van der Waals surface area (Å²) in [6.45, 7) is 0. The number of aliphatic carboxylic acids is 1. The molecule has 0 saturated heterocycles. The molecule has 0 atom stereocenters. The van der Waals surface area contributed by atoms with Crippen LogP contribution in [0.1, 0.15) is 10.5 Å². The molecule has 2 heterocycles. The third-order valence-corrected chi connectivity index (χ3v) is 4.51. The standard InChI is InChI=1S/C22H15F3N6O2.C2HF3O2/c23-12-1-3-17(15(24)9-12)31-22(32)20-21(29-8-7-28-20)30-13-2-4-18(16(25)10-13)33-14-5-6-27-19(26)11-14;3-2(4,5)1(6)7/h1-11H,(H2,26,27)(H,29,30)(H,31,32);(H,6,7). The van der Waals surface area contributed by atoms with E-state index in [0.29, 0.717) is 11.8 Å². The van der Waals surface area contributed by atoms with Crippen LogP contribution in [0.15, 0.2) is 67.1 Å². The molecular weight excluding hydrogens is 550 g/mol. The summed E-state index contributed by atoms with van der Waals surface area (Å²) in [6, 6.07) is 9.69. The van der Waals surface area contributed by atoms with Crippen molar-refractivity contribution in [2.45, 2.75) is 6.18 Å². The van der Waals surface area contributed by atoms with Gasteiger partial charge < -0.3 is 26.2 Å². The van der Waals surface area contributed by atoms with Gasteiger partial charge in [-0.3, -0.25) is 4.79 Å². The van der Waals surface area contributed by atoms with E-state index < -0.39 is 35.5 Å². The van der Waals surface area contributed by atoms with Crippen LogP contribution in [0, 0.1) is 17.5 Å². The molecule has 4 rings (SSSR count). The molecule has 4 aromatic rings. The molecule has 2 aromatic heterocycles. The number of anilines is 4. The lowest BCUT2D eigenvalue weighted by atomic mass is 10.2. The highest BCUT2D eigenvalue weighted by molar-refractivity contribution is 6.06. The predicted molar refractivity (Wildman–Crippen MR) is 128 cm³/mol. The van der Waals surface area contributed by atoms with E-state index in [1.54, 1.807) is 0 Å². The van der Waals surface area contributed by atoms with E-state index >= 15 is 0 Å². The van der Waals surface area contributed by atoms with Gasteiger partial charge in [0.1, 0.15) is 23.2 Å². The molecule has 0 radical (unpaired) electrons. The van der Waals surface area contributed by atoms with Crippen LogP contribution in [0.5, 0.6) is 11.5 Å². The largest absolute Gasteiger partial charge is 0.490 e. The monoisotopic (exact) mass is 566 g/mol. The minimum atomic E-state index is -5.08. The smallest absolute Gasteiger partial charge is 0.475 e. The summed E-state index contributed by atoms with van der Waals surface area (Å²) < 4.78 is 78.7. The number of nitrogens with zero attached hydrogens (tertiary/aromatic N) is 3. The Labute approximate surface area is 220 Å². The quantitative estimate of drug-likeness (QED) is 0.228. The number of rotatable bonds is 6. The Hall–Kier alpha value is -5.41. The molecule has 0 spiro atoms. The number of carboxylic acid groups (broad SMARTS) is 1. The zero-order valence-electron chi connectivity index (χ0n) is 19.7. The molecule has 2 aromatic carbocycles. The number of hydrogen-bond acceptors (Lipinski definition) is 8. The number of aromatic nitrogens is 3. The Balaban J connectivity index is 0.000000559. The number of halogens is 6. The molecule has 5 N–H and O–H groups in total. The lowest BCUT2D eigenvalue weighted by molar-refractivity contribution is -0.192. The van der Waals surface area contributed by atoms with E-state index in [-0.39, 0.29) is 34.5 Å². The molecule has 0 aliphatic rings. The fourth-order valence-corrected chi connectivity index (χ4v) is 2.78. The second-order valence-electron chi connectivity index (χ2n) is 7.42. The molecule has 0 unspecified atom stereocenters. The Morgan fingerprint density at radius 2 is 1.57 bits per heavy atom. The van der Waals surface area contributed by atoms with Crippen molar-refractivity contribution in [2.24, 2.45) is 0 Å². The van der Waals surface area contributed by atoms with Gasteiger partial charge >= 0.3 is 12.1 Å². The number of alkyl halides is 3. The number of hydrogen-bond donors (Lipinski definition) is 4. The average Bonchev–Trinajstić information content (AvgIpc) is 2.87. The van der Waals surface area contributed by atoms with Crippen molar-refractivity contribution in [1.29, 1.82) is 0 Å². The Kier molecular flexibility index (Phi) is 9.05. The summed E-state index contributed by atoms with van der Waals surface area (Å²) in [5.74, 6) is -5.52. The minimum Gasteiger partial charge on any atom is -0.475 e. The van der Waals surface area contributed by atoms with Crippen LogP contribution in [0.25, 0.3) is 0 Å². The number of nitrogens with two attached hydrogens (primary N) is 1. The summed E-state index contributed by atoms with van der Waals surface area (Å²) in [4.78, 5) is 33.3. The van der Waals surface area contributed by atoms with Crippen LogP contribution in [0.2, 0.25) is 0 Å². The maximum atomic E-state index is 14.6. The van der Waals surface area contributed by atoms with E-state index in [1.165, 1.54) is 42.9 Å². The first kappa shape index (κ1) is 29.2. The Morgan fingerprint density at radius 3 is 2.20 bits per heavy atom. The van der Waals surface area contributed by atoms with Crippen LogP contribution in [0.4, 0.5) is 49.4 Å². The van der Waals surface area contributed by atoms with E-state index in [4.69, 9.17) is 20.4 Å². The second-order valence-corrected chi connectivity index (χ2v) is 7.42.